The second-order valence-corrected chi connectivity index (χ2v) is 5.76. The molecular formula is C13H18F3N3O2S. The van der Waals surface area contributed by atoms with Crippen molar-refractivity contribution in [2.45, 2.75) is 38.8 Å². The van der Waals surface area contributed by atoms with Gasteiger partial charge in [0.05, 0.1) is 0 Å². The smallest absolute Gasteiger partial charge is 0.351 e. The summed E-state index contributed by atoms with van der Waals surface area (Å²) in [4.78, 5) is 23.1. The Labute approximate surface area is 130 Å². The second-order valence-electron chi connectivity index (χ2n) is 4.75. The molecule has 0 saturated carbocycles. The van der Waals surface area contributed by atoms with Gasteiger partial charge >= 0.3 is 12.1 Å². The number of aromatic nitrogens is 1. The minimum atomic E-state index is -4.82. The van der Waals surface area contributed by atoms with Crippen LogP contribution in [0.5, 0.6) is 0 Å². The molecule has 1 heterocycles. The van der Waals surface area contributed by atoms with E-state index in [9.17, 15) is 22.8 Å². The lowest BCUT2D eigenvalue weighted by molar-refractivity contribution is -0.173. The molecule has 0 fully saturated rings. The highest BCUT2D eigenvalue weighted by Crippen LogP contribution is 2.14. The molecule has 0 saturated heterocycles. The molecular weight excluding hydrogens is 319 g/mol. The van der Waals surface area contributed by atoms with Gasteiger partial charge in [-0.05, 0) is 37.4 Å². The second kappa shape index (κ2) is 8.72. The molecule has 0 atom stereocenters. The first-order chi connectivity index (χ1) is 10.3. The van der Waals surface area contributed by atoms with E-state index < -0.39 is 12.1 Å². The third-order valence-electron chi connectivity index (χ3n) is 2.79. The summed E-state index contributed by atoms with van der Waals surface area (Å²) in [7, 11) is 0. The molecule has 124 valence electrons. The number of amides is 2. The van der Waals surface area contributed by atoms with Crippen LogP contribution in [-0.4, -0.2) is 35.5 Å². The SMILES string of the molecule is Cc1cc(C(=O)NCCCCCCNC(=O)C(F)(F)F)ns1. The molecule has 0 spiro atoms. The third-order valence-corrected chi connectivity index (χ3v) is 3.49. The Bertz CT molecular complexity index is 503. The highest BCUT2D eigenvalue weighted by Gasteiger charge is 2.38. The zero-order chi connectivity index (χ0) is 16.6. The summed E-state index contributed by atoms with van der Waals surface area (Å²) in [6, 6.07) is 1.71. The van der Waals surface area contributed by atoms with Crippen molar-refractivity contribution in [2.75, 3.05) is 13.1 Å². The minimum absolute atomic E-state index is 0.00278. The van der Waals surface area contributed by atoms with E-state index >= 15 is 0 Å². The molecule has 0 aliphatic rings. The molecule has 1 aromatic heterocycles. The fraction of sp³-hybridized carbons (Fsp3) is 0.615. The highest BCUT2D eigenvalue weighted by molar-refractivity contribution is 7.05. The van der Waals surface area contributed by atoms with Crippen molar-refractivity contribution < 1.29 is 22.8 Å². The average Bonchev–Trinajstić information content (AvgIpc) is 2.86. The van der Waals surface area contributed by atoms with E-state index in [4.69, 9.17) is 0 Å². The number of carbonyl (C=O) groups is 2. The van der Waals surface area contributed by atoms with Gasteiger partial charge in [0.25, 0.3) is 5.91 Å². The molecule has 22 heavy (non-hydrogen) atoms. The Morgan fingerprint density at radius 2 is 1.73 bits per heavy atom. The number of nitrogens with zero attached hydrogens (tertiary/aromatic N) is 1. The zero-order valence-corrected chi connectivity index (χ0v) is 12.9. The van der Waals surface area contributed by atoms with E-state index in [-0.39, 0.29) is 12.5 Å². The van der Waals surface area contributed by atoms with Crippen LogP contribution in [0.15, 0.2) is 6.07 Å². The van der Waals surface area contributed by atoms with Crippen molar-refractivity contribution >= 4 is 23.3 Å². The predicted molar refractivity (Wildman–Crippen MR) is 76.7 cm³/mol. The summed E-state index contributed by atoms with van der Waals surface area (Å²) in [6.07, 6.45) is -2.18. The van der Waals surface area contributed by atoms with E-state index in [0.717, 1.165) is 17.7 Å². The molecule has 0 aliphatic heterocycles. The van der Waals surface area contributed by atoms with Crippen LogP contribution >= 0.6 is 11.5 Å². The maximum Gasteiger partial charge on any atom is 0.471 e. The Balaban J connectivity index is 2.00. The number of carbonyl (C=O) groups excluding carboxylic acids is 2. The first kappa shape index (κ1) is 18.4. The van der Waals surface area contributed by atoms with E-state index in [0.29, 0.717) is 25.1 Å². The van der Waals surface area contributed by atoms with E-state index in [1.54, 1.807) is 6.07 Å². The largest absolute Gasteiger partial charge is 0.471 e. The highest BCUT2D eigenvalue weighted by atomic mass is 32.1. The van der Waals surface area contributed by atoms with Gasteiger partial charge in [-0.2, -0.15) is 17.5 Å². The number of halogens is 3. The summed E-state index contributed by atoms with van der Waals surface area (Å²) >= 11 is 1.26. The average molecular weight is 337 g/mol. The number of unbranched alkanes of at least 4 members (excludes halogenated alkanes) is 3. The van der Waals surface area contributed by atoms with Crippen molar-refractivity contribution in [3.63, 3.8) is 0 Å². The molecule has 5 nitrogen and oxygen atoms in total. The quantitative estimate of drug-likeness (QED) is 0.716. The van der Waals surface area contributed by atoms with Crippen LogP contribution in [0, 0.1) is 6.92 Å². The number of nitrogens with one attached hydrogen (secondary N) is 2. The van der Waals surface area contributed by atoms with Gasteiger partial charge in [0.1, 0.15) is 5.69 Å². The van der Waals surface area contributed by atoms with Gasteiger partial charge in [0.2, 0.25) is 0 Å². The van der Waals surface area contributed by atoms with Gasteiger partial charge in [-0.3, -0.25) is 9.59 Å². The standard InChI is InChI=1S/C13H18F3N3O2S/c1-9-8-10(19-22-9)11(20)17-6-4-2-3-5-7-18-12(21)13(14,15)16/h8H,2-7H2,1H3,(H,17,20)(H,18,21). The lowest BCUT2D eigenvalue weighted by Crippen LogP contribution is -2.37. The fourth-order valence-corrected chi connectivity index (χ4v) is 2.21. The van der Waals surface area contributed by atoms with Crippen LogP contribution in [-0.2, 0) is 4.79 Å². The first-order valence-electron chi connectivity index (χ1n) is 6.87. The van der Waals surface area contributed by atoms with Crippen LogP contribution < -0.4 is 10.6 Å². The van der Waals surface area contributed by atoms with Crippen LogP contribution in [0.1, 0.15) is 41.0 Å². The normalized spacial score (nSPS) is 11.3. The summed E-state index contributed by atoms with van der Waals surface area (Å²) in [5.41, 5.74) is 0.400. The van der Waals surface area contributed by atoms with Gasteiger partial charge in [-0.15, -0.1) is 0 Å². The Hall–Kier alpha value is -1.64. The van der Waals surface area contributed by atoms with Crippen molar-refractivity contribution in [3.05, 3.63) is 16.6 Å². The van der Waals surface area contributed by atoms with Gasteiger partial charge in [0, 0.05) is 18.0 Å². The zero-order valence-electron chi connectivity index (χ0n) is 12.1. The lowest BCUT2D eigenvalue weighted by atomic mass is 10.2. The molecule has 0 aromatic carbocycles. The summed E-state index contributed by atoms with van der Waals surface area (Å²) in [5, 5.41) is 4.54. The summed E-state index contributed by atoms with van der Waals surface area (Å²) < 4.78 is 39.6. The fourth-order valence-electron chi connectivity index (χ4n) is 1.67. The molecule has 2 N–H and O–H groups in total. The summed E-state index contributed by atoms with van der Waals surface area (Å²) in [5.74, 6) is -2.12. The number of rotatable bonds is 8. The number of alkyl halides is 3. The van der Waals surface area contributed by atoms with Crippen LogP contribution in [0.3, 0.4) is 0 Å². The van der Waals surface area contributed by atoms with E-state index in [2.05, 4.69) is 9.69 Å². The van der Waals surface area contributed by atoms with Crippen molar-refractivity contribution in [3.8, 4) is 0 Å². The molecule has 1 aromatic rings. The van der Waals surface area contributed by atoms with Crippen molar-refractivity contribution in [2.24, 2.45) is 0 Å². The molecule has 0 radical (unpaired) electrons. The Morgan fingerprint density at radius 3 is 2.23 bits per heavy atom. The van der Waals surface area contributed by atoms with Crippen LogP contribution in [0.2, 0.25) is 0 Å². The number of hydrogen-bond donors (Lipinski definition) is 2. The van der Waals surface area contributed by atoms with Crippen molar-refractivity contribution in [1.29, 1.82) is 0 Å². The Kier molecular flexibility index (Phi) is 7.30. The lowest BCUT2D eigenvalue weighted by Gasteiger charge is -2.07. The molecule has 2 amide bonds. The maximum atomic E-state index is 11.9. The van der Waals surface area contributed by atoms with Gasteiger partial charge < -0.3 is 10.6 Å². The predicted octanol–water partition coefficient (Wildman–Crippen LogP) is 2.42. The first-order valence-corrected chi connectivity index (χ1v) is 7.64. The van der Waals surface area contributed by atoms with Gasteiger partial charge in [-0.25, -0.2) is 0 Å². The summed E-state index contributed by atoms with van der Waals surface area (Å²) in [6.45, 7) is 2.36. The van der Waals surface area contributed by atoms with E-state index in [1.807, 2.05) is 12.2 Å². The van der Waals surface area contributed by atoms with Crippen LogP contribution in [0.25, 0.3) is 0 Å². The molecule has 0 aliphatic carbocycles. The molecule has 0 unspecified atom stereocenters. The molecule has 1 rings (SSSR count). The van der Waals surface area contributed by atoms with Gasteiger partial charge in [-0.1, -0.05) is 12.8 Å². The molecule has 9 heteroatoms. The number of hydrogen-bond acceptors (Lipinski definition) is 4. The topological polar surface area (TPSA) is 71.1 Å². The third kappa shape index (κ3) is 6.88. The minimum Gasteiger partial charge on any atom is -0.351 e. The Morgan fingerprint density at radius 1 is 1.14 bits per heavy atom. The molecule has 0 bridgehead atoms. The maximum absolute atomic E-state index is 11.9. The number of aryl methyl sites for hydroxylation is 1. The van der Waals surface area contributed by atoms with Crippen LogP contribution in [0.4, 0.5) is 13.2 Å². The van der Waals surface area contributed by atoms with Gasteiger partial charge in [0.15, 0.2) is 0 Å². The van der Waals surface area contributed by atoms with Crippen molar-refractivity contribution in [1.82, 2.24) is 15.0 Å². The monoisotopic (exact) mass is 337 g/mol. The van der Waals surface area contributed by atoms with E-state index in [1.165, 1.54) is 11.5 Å².